The second kappa shape index (κ2) is 5.41. The lowest BCUT2D eigenvalue weighted by Crippen LogP contribution is -2.41. The molecule has 2 rings (SSSR count). The van der Waals surface area contributed by atoms with Crippen LogP contribution < -0.4 is 5.32 Å². The standard InChI is InChI=1S/C12H9BrN2O5/c13-6-1-2-7-8(3-6)12(20)15(11(7)19)5-9(16)14-4-10(17)18/h1-3H,4-5H2,(H,14,16)(H,17,18). The third-order valence-electron chi connectivity index (χ3n) is 2.67. The Balaban J connectivity index is 2.12. The smallest absolute Gasteiger partial charge is 0.322 e. The number of carbonyl (C=O) groups excluding carboxylic acids is 3. The Morgan fingerprint density at radius 3 is 2.50 bits per heavy atom. The van der Waals surface area contributed by atoms with E-state index in [9.17, 15) is 19.2 Å². The van der Waals surface area contributed by atoms with E-state index in [4.69, 9.17) is 5.11 Å². The predicted octanol–water partition coefficient (Wildman–Crippen LogP) is 0.246. The molecule has 1 heterocycles. The van der Waals surface area contributed by atoms with Crippen molar-refractivity contribution < 1.29 is 24.3 Å². The summed E-state index contributed by atoms with van der Waals surface area (Å²) in [4.78, 5) is 46.6. The Kier molecular flexibility index (Phi) is 3.84. The number of benzene rings is 1. The molecule has 7 nitrogen and oxygen atoms in total. The van der Waals surface area contributed by atoms with Gasteiger partial charge < -0.3 is 10.4 Å². The number of rotatable bonds is 4. The highest BCUT2D eigenvalue weighted by Gasteiger charge is 2.36. The number of hydrogen-bond acceptors (Lipinski definition) is 4. The zero-order chi connectivity index (χ0) is 14.9. The summed E-state index contributed by atoms with van der Waals surface area (Å²) in [6.07, 6.45) is 0. The minimum atomic E-state index is -1.20. The van der Waals surface area contributed by atoms with E-state index in [-0.39, 0.29) is 11.1 Å². The van der Waals surface area contributed by atoms with Gasteiger partial charge in [0.25, 0.3) is 11.8 Å². The van der Waals surface area contributed by atoms with Crippen LogP contribution in [0.3, 0.4) is 0 Å². The van der Waals surface area contributed by atoms with Gasteiger partial charge in [0.1, 0.15) is 13.1 Å². The van der Waals surface area contributed by atoms with Crippen LogP contribution in [0, 0.1) is 0 Å². The molecule has 0 bridgehead atoms. The van der Waals surface area contributed by atoms with Crippen molar-refractivity contribution in [1.29, 1.82) is 0 Å². The molecule has 0 aliphatic carbocycles. The number of nitrogens with one attached hydrogen (secondary N) is 1. The van der Waals surface area contributed by atoms with Crippen molar-refractivity contribution in [3.8, 4) is 0 Å². The van der Waals surface area contributed by atoms with Crippen LogP contribution in [0.1, 0.15) is 20.7 Å². The first kappa shape index (κ1) is 14.2. The molecule has 8 heteroatoms. The van der Waals surface area contributed by atoms with Gasteiger partial charge in [-0.15, -0.1) is 0 Å². The average molecular weight is 341 g/mol. The van der Waals surface area contributed by atoms with Crippen LogP contribution in [-0.4, -0.2) is 46.8 Å². The fraction of sp³-hybridized carbons (Fsp3) is 0.167. The van der Waals surface area contributed by atoms with Gasteiger partial charge in [0.2, 0.25) is 5.91 Å². The van der Waals surface area contributed by atoms with Crippen LogP contribution >= 0.6 is 15.9 Å². The SMILES string of the molecule is O=C(O)CNC(=O)CN1C(=O)c2ccc(Br)cc2C1=O. The molecule has 0 saturated heterocycles. The molecule has 3 amide bonds. The van der Waals surface area contributed by atoms with E-state index in [0.29, 0.717) is 4.47 Å². The summed E-state index contributed by atoms with van der Waals surface area (Å²) in [6.45, 7) is -1.06. The van der Waals surface area contributed by atoms with Crippen LogP contribution in [0.4, 0.5) is 0 Å². The first-order chi connectivity index (χ1) is 9.40. The van der Waals surface area contributed by atoms with Gasteiger partial charge in [-0.1, -0.05) is 15.9 Å². The summed E-state index contributed by atoms with van der Waals surface area (Å²) >= 11 is 3.20. The fourth-order valence-electron chi connectivity index (χ4n) is 1.78. The third-order valence-corrected chi connectivity index (χ3v) is 3.16. The number of carbonyl (C=O) groups is 4. The van der Waals surface area contributed by atoms with E-state index in [0.717, 1.165) is 4.90 Å². The Hall–Kier alpha value is -2.22. The number of halogens is 1. The maximum atomic E-state index is 12.0. The van der Waals surface area contributed by atoms with Gasteiger partial charge in [0.15, 0.2) is 0 Å². The second-order valence-electron chi connectivity index (χ2n) is 4.06. The number of fused-ring (bicyclic) bond motifs is 1. The molecule has 1 aliphatic rings. The van der Waals surface area contributed by atoms with Gasteiger partial charge in [-0.25, -0.2) is 0 Å². The Labute approximate surface area is 121 Å². The average Bonchev–Trinajstić information content (AvgIpc) is 2.61. The third kappa shape index (κ3) is 2.69. The molecule has 0 unspecified atom stereocenters. The number of carboxylic acid groups (broad SMARTS) is 1. The van der Waals surface area contributed by atoms with E-state index in [1.165, 1.54) is 12.1 Å². The predicted molar refractivity (Wildman–Crippen MR) is 70.2 cm³/mol. The molecule has 0 atom stereocenters. The molecule has 0 spiro atoms. The number of amides is 3. The summed E-state index contributed by atoms with van der Waals surface area (Å²) in [6, 6.07) is 4.62. The molecule has 0 radical (unpaired) electrons. The molecular weight excluding hydrogens is 332 g/mol. The normalized spacial score (nSPS) is 13.3. The summed E-state index contributed by atoms with van der Waals surface area (Å²) in [5.74, 6) is -3.05. The highest BCUT2D eigenvalue weighted by molar-refractivity contribution is 9.10. The lowest BCUT2D eigenvalue weighted by molar-refractivity contribution is -0.137. The molecule has 1 aliphatic heterocycles. The van der Waals surface area contributed by atoms with Gasteiger partial charge in [-0.2, -0.15) is 0 Å². The van der Waals surface area contributed by atoms with Gasteiger partial charge in [0.05, 0.1) is 11.1 Å². The van der Waals surface area contributed by atoms with Crippen molar-refractivity contribution in [1.82, 2.24) is 10.2 Å². The van der Waals surface area contributed by atoms with Crippen LogP contribution in [0.15, 0.2) is 22.7 Å². The van der Waals surface area contributed by atoms with E-state index in [1.807, 2.05) is 0 Å². The van der Waals surface area contributed by atoms with Crippen LogP contribution in [-0.2, 0) is 9.59 Å². The summed E-state index contributed by atoms with van der Waals surface area (Å²) < 4.78 is 0.648. The van der Waals surface area contributed by atoms with Gasteiger partial charge in [0, 0.05) is 4.47 Å². The Morgan fingerprint density at radius 2 is 1.85 bits per heavy atom. The Bertz CT molecular complexity index is 628. The van der Waals surface area contributed by atoms with Crippen molar-refractivity contribution in [3.63, 3.8) is 0 Å². The number of nitrogens with zero attached hydrogens (tertiary/aromatic N) is 1. The monoisotopic (exact) mass is 340 g/mol. The number of carboxylic acids is 1. The van der Waals surface area contributed by atoms with Crippen molar-refractivity contribution >= 4 is 39.6 Å². The zero-order valence-corrected chi connectivity index (χ0v) is 11.6. The molecule has 0 aromatic heterocycles. The van der Waals surface area contributed by atoms with Crippen molar-refractivity contribution in [3.05, 3.63) is 33.8 Å². The van der Waals surface area contributed by atoms with Gasteiger partial charge in [-0.05, 0) is 18.2 Å². The van der Waals surface area contributed by atoms with Gasteiger partial charge >= 0.3 is 5.97 Å². The van der Waals surface area contributed by atoms with Crippen LogP contribution in [0.5, 0.6) is 0 Å². The lowest BCUT2D eigenvalue weighted by Gasteiger charge is -2.12. The maximum Gasteiger partial charge on any atom is 0.322 e. The highest BCUT2D eigenvalue weighted by atomic mass is 79.9. The molecule has 1 aromatic carbocycles. The molecule has 20 heavy (non-hydrogen) atoms. The number of aliphatic carboxylic acids is 1. The quantitative estimate of drug-likeness (QED) is 0.764. The van der Waals surface area contributed by atoms with E-state index in [2.05, 4.69) is 21.2 Å². The summed E-state index contributed by atoms with van der Waals surface area (Å²) in [5.41, 5.74) is 0.444. The second-order valence-corrected chi connectivity index (χ2v) is 4.97. The molecule has 0 fully saturated rings. The first-order valence-electron chi connectivity index (χ1n) is 5.54. The Morgan fingerprint density at radius 1 is 1.20 bits per heavy atom. The highest BCUT2D eigenvalue weighted by Crippen LogP contribution is 2.25. The van der Waals surface area contributed by atoms with Crippen molar-refractivity contribution in [2.24, 2.45) is 0 Å². The minimum Gasteiger partial charge on any atom is -0.480 e. The fourth-order valence-corrected chi connectivity index (χ4v) is 2.14. The van der Waals surface area contributed by atoms with Crippen LogP contribution in [0.2, 0.25) is 0 Å². The van der Waals surface area contributed by atoms with E-state index in [1.54, 1.807) is 6.07 Å². The summed E-state index contributed by atoms with van der Waals surface area (Å²) in [5, 5.41) is 10.5. The molecule has 104 valence electrons. The number of imide groups is 1. The van der Waals surface area contributed by atoms with E-state index >= 15 is 0 Å². The molecule has 1 aromatic rings. The van der Waals surface area contributed by atoms with E-state index < -0.39 is 36.8 Å². The van der Waals surface area contributed by atoms with Crippen molar-refractivity contribution in [2.75, 3.05) is 13.1 Å². The topological polar surface area (TPSA) is 104 Å². The zero-order valence-electron chi connectivity index (χ0n) is 10.1. The molecule has 2 N–H and O–H groups in total. The van der Waals surface area contributed by atoms with Gasteiger partial charge in [-0.3, -0.25) is 24.1 Å². The molecule has 0 saturated carbocycles. The maximum absolute atomic E-state index is 12.0. The largest absolute Gasteiger partial charge is 0.480 e. The molecular formula is C12H9BrN2O5. The van der Waals surface area contributed by atoms with Crippen molar-refractivity contribution in [2.45, 2.75) is 0 Å². The van der Waals surface area contributed by atoms with Crippen LogP contribution in [0.25, 0.3) is 0 Å². The number of hydrogen-bond donors (Lipinski definition) is 2. The minimum absolute atomic E-state index is 0.218. The lowest BCUT2D eigenvalue weighted by atomic mass is 10.1. The first-order valence-corrected chi connectivity index (χ1v) is 6.33. The summed E-state index contributed by atoms with van der Waals surface area (Å²) in [7, 11) is 0.